The van der Waals surface area contributed by atoms with Gasteiger partial charge in [-0.15, -0.1) is 0 Å². The van der Waals surface area contributed by atoms with Crippen LogP contribution in [0.1, 0.15) is 41.4 Å². The van der Waals surface area contributed by atoms with Crippen LogP contribution in [-0.4, -0.2) is 44.3 Å². The number of fused-ring (bicyclic) bond motifs is 2. The van der Waals surface area contributed by atoms with Crippen LogP contribution in [0.4, 0.5) is 17.6 Å². The van der Waals surface area contributed by atoms with Crippen LogP contribution in [0.15, 0.2) is 0 Å². The van der Waals surface area contributed by atoms with E-state index < -0.39 is 92.4 Å². The van der Waals surface area contributed by atoms with Gasteiger partial charge in [0.1, 0.15) is 22.3 Å². The molecule has 2 aromatic rings. The zero-order valence-electron chi connectivity index (χ0n) is 13.8. The number of hydrogen-bond acceptors (Lipinski definition) is 6. The van der Waals surface area contributed by atoms with Crippen molar-refractivity contribution in [1.29, 1.82) is 0 Å². The van der Waals surface area contributed by atoms with Crippen molar-refractivity contribution in [1.82, 2.24) is 0 Å². The lowest BCUT2D eigenvalue weighted by atomic mass is 10.0. The Labute approximate surface area is 160 Å². The molecule has 0 aromatic heterocycles. The molecule has 156 valence electrons. The Hall–Kier alpha value is -4.36. The van der Waals surface area contributed by atoms with E-state index in [1.807, 2.05) is 0 Å². The van der Waals surface area contributed by atoms with E-state index in [9.17, 15) is 36.7 Å². The molecule has 30 heavy (non-hydrogen) atoms. The van der Waals surface area contributed by atoms with Gasteiger partial charge in [0.15, 0.2) is 23.3 Å². The van der Waals surface area contributed by atoms with Gasteiger partial charge in [0, 0.05) is 0 Å². The summed E-state index contributed by atoms with van der Waals surface area (Å²) in [6.07, 6.45) is 0. The monoisotopic (exact) mass is 432 g/mol. The van der Waals surface area contributed by atoms with Crippen LogP contribution in [0, 0.1) is 23.3 Å². The van der Waals surface area contributed by atoms with E-state index in [1.165, 1.54) is 0 Å². The molecule has 1 aliphatic rings. The fourth-order valence-electron chi connectivity index (χ4n) is 2.66. The van der Waals surface area contributed by atoms with Gasteiger partial charge >= 0.3 is 23.9 Å². The normalized spacial score (nSPS) is 11.6. The number of carboxylic acids is 4. The van der Waals surface area contributed by atoms with E-state index in [0.29, 0.717) is 0 Å². The molecule has 0 saturated carbocycles. The molecule has 0 fully saturated rings. The summed E-state index contributed by atoms with van der Waals surface area (Å²) in [5.74, 6) is -23.4. The highest BCUT2D eigenvalue weighted by atomic mass is 19.1. The molecule has 3 rings (SSSR count). The van der Waals surface area contributed by atoms with E-state index in [4.69, 9.17) is 20.4 Å². The van der Waals surface area contributed by atoms with Crippen molar-refractivity contribution < 1.29 is 66.6 Å². The van der Waals surface area contributed by atoms with Gasteiger partial charge in [-0.1, -0.05) is 0 Å². The third-order valence-electron chi connectivity index (χ3n) is 3.85. The molecule has 0 amide bonds. The maximum Gasteiger partial charge on any atom is 0.339 e. The first kappa shape index (κ1) is 20.4. The van der Waals surface area contributed by atoms with Gasteiger partial charge in [0.2, 0.25) is 23.0 Å². The summed E-state index contributed by atoms with van der Waals surface area (Å²) in [7, 11) is 0. The molecule has 0 radical (unpaired) electrons. The summed E-state index contributed by atoms with van der Waals surface area (Å²) < 4.78 is 67.4. The molecule has 0 unspecified atom stereocenters. The Bertz CT molecular complexity index is 1020. The van der Waals surface area contributed by atoms with E-state index in [1.54, 1.807) is 0 Å². The highest BCUT2D eigenvalue weighted by molar-refractivity contribution is 6.04. The van der Waals surface area contributed by atoms with E-state index in [2.05, 4.69) is 9.47 Å². The summed E-state index contributed by atoms with van der Waals surface area (Å²) in [6.45, 7) is 0. The summed E-state index contributed by atoms with van der Waals surface area (Å²) >= 11 is 0. The molecule has 0 bridgehead atoms. The molecule has 2 aromatic carbocycles. The molecular weight excluding hydrogens is 428 g/mol. The maximum atomic E-state index is 14.6. The highest BCUT2D eigenvalue weighted by Crippen LogP contribution is 2.52. The number of ether oxygens (including phenoxy) is 2. The van der Waals surface area contributed by atoms with Gasteiger partial charge in [-0.25, -0.2) is 36.7 Å². The minimum atomic E-state index is -2.26. The minimum Gasteiger partial charge on any atom is -0.478 e. The highest BCUT2D eigenvalue weighted by Gasteiger charge is 2.42. The van der Waals surface area contributed by atoms with Crippen LogP contribution in [0.3, 0.4) is 0 Å². The summed E-state index contributed by atoms with van der Waals surface area (Å²) in [6, 6.07) is 0. The number of rotatable bonds is 4. The topological polar surface area (TPSA) is 168 Å². The van der Waals surface area contributed by atoms with Crippen LogP contribution in [0.5, 0.6) is 23.0 Å². The molecular formula is C16H4F4O10. The summed E-state index contributed by atoms with van der Waals surface area (Å²) in [5, 5.41) is 35.9. The number of carbonyl (C=O) groups is 4. The predicted octanol–water partition coefficient (Wildman–Crippen LogP) is 2.93. The van der Waals surface area contributed by atoms with Crippen LogP contribution >= 0.6 is 0 Å². The molecule has 0 spiro atoms. The molecule has 1 heterocycles. The van der Waals surface area contributed by atoms with Crippen LogP contribution < -0.4 is 9.47 Å². The van der Waals surface area contributed by atoms with E-state index in [0.717, 1.165) is 0 Å². The van der Waals surface area contributed by atoms with Crippen LogP contribution in [0.25, 0.3) is 0 Å². The number of aromatic carboxylic acids is 4. The average molecular weight is 432 g/mol. The second kappa shape index (κ2) is 6.61. The standard InChI is InChI=1S/C16H4F4O10/c17-5-1(13(21)22)2(14(23)24)6(18)10-9(5)29-11-7(19)3(15(25)26)4(16(27)28)8(20)12(11)30-10/h(H,21,22)(H,23,24)(H,25,26)(H,27,28). The molecule has 14 heteroatoms. The number of hydrogen-bond donors (Lipinski definition) is 4. The SMILES string of the molecule is O=C(O)c1c(F)c2c(c(F)c1C(=O)O)Oc1c(F)c(C(=O)O)c(C(=O)O)c(F)c1O2. The first-order valence-corrected chi connectivity index (χ1v) is 7.28. The van der Waals surface area contributed by atoms with Crippen molar-refractivity contribution in [3.05, 3.63) is 45.5 Å². The van der Waals surface area contributed by atoms with Crippen molar-refractivity contribution in [3.8, 4) is 23.0 Å². The first-order valence-electron chi connectivity index (χ1n) is 7.28. The molecule has 10 nitrogen and oxygen atoms in total. The summed E-state index contributed by atoms with van der Waals surface area (Å²) in [5.41, 5.74) is -6.97. The average Bonchev–Trinajstić information content (AvgIpc) is 2.64. The Morgan fingerprint density at radius 2 is 0.633 bits per heavy atom. The lowest BCUT2D eigenvalue weighted by Gasteiger charge is -2.24. The minimum absolute atomic E-state index is 1.53. The zero-order valence-corrected chi connectivity index (χ0v) is 13.8. The smallest absolute Gasteiger partial charge is 0.339 e. The van der Waals surface area contributed by atoms with Gasteiger partial charge < -0.3 is 29.9 Å². The largest absolute Gasteiger partial charge is 0.478 e. The van der Waals surface area contributed by atoms with Crippen molar-refractivity contribution in [2.75, 3.05) is 0 Å². The fourth-order valence-corrected chi connectivity index (χ4v) is 2.66. The number of benzene rings is 2. The molecule has 4 N–H and O–H groups in total. The number of carboxylic acid groups (broad SMARTS) is 4. The van der Waals surface area contributed by atoms with E-state index >= 15 is 0 Å². The van der Waals surface area contributed by atoms with Crippen LogP contribution in [0.2, 0.25) is 0 Å². The predicted molar refractivity (Wildman–Crippen MR) is 80.7 cm³/mol. The van der Waals surface area contributed by atoms with Crippen molar-refractivity contribution in [3.63, 3.8) is 0 Å². The Morgan fingerprint density at radius 1 is 0.467 bits per heavy atom. The second-order valence-electron chi connectivity index (χ2n) is 5.50. The Balaban J connectivity index is 2.42. The number of halogens is 4. The first-order chi connectivity index (χ1) is 13.9. The van der Waals surface area contributed by atoms with Gasteiger partial charge in [0.05, 0.1) is 0 Å². The van der Waals surface area contributed by atoms with Gasteiger partial charge in [-0.3, -0.25) is 0 Å². The Kier molecular flexibility index (Phi) is 4.49. The molecule has 0 aliphatic carbocycles. The van der Waals surface area contributed by atoms with Crippen LogP contribution in [-0.2, 0) is 0 Å². The molecule has 0 saturated heterocycles. The quantitative estimate of drug-likeness (QED) is 0.450. The van der Waals surface area contributed by atoms with Crippen molar-refractivity contribution in [2.24, 2.45) is 0 Å². The summed E-state index contributed by atoms with van der Waals surface area (Å²) in [4.78, 5) is 44.7. The van der Waals surface area contributed by atoms with Crippen molar-refractivity contribution >= 4 is 23.9 Å². The fraction of sp³-hybridized carbons (Fsp3) is 0. The van der Waals surface area contributed by atoms with Crippen molar-refractivity contribution in [2.45, 2.75) is 0 Å². The van der Waals surface area contributed by atoms with Gasteiger partial charge in [0.25, 0.3) is 0 Å². The van der Waals surface area contributed by atoms with E-state index in [-0.39, 0.29) is 0 Å². The second-order valence-corrected chi connectivity index (χ2v) is 5.50. The van der Waals surface area contributed by atoms with Gasteiger partial charge in [-0.05, 0) is 0 Å². The molecule has 0 atom stereocenters. The lowest BCUT2D eigenvalue weighted by molar-refractivity contribution is 0.0637. The zero-order chi connectivity index (χ0) is 22.7. The Morgan fingerprint density at radius 3 is 0.767 bits per heavy atom. The third-order valence-corrected chi connectivity index (χ3v) is 3.85. The lowest BCUT2D eigenvalue weighted by Crippen LogP contribution is -2.20. The third kappa shape index (κ3) is 2.65. The maximum absolute atomic E-state index is 14.6. The molecule has 1 aliphatic heterocycles. The van der Waals surface area contributed by atoms with Gasteiger partial charge in [-0.2, -0.15) is 0 Å².